The number of aryl methyl sites for hydroxylation is 1. The normalized spacial score (nSPS) is 25.5. The molecule has 0 bridgehead atoms. The average molecular weight is 320 g/mol. The zero-order chi connectivity index (χ0) is 16.8. The molecular formula is C15H24N6O2. The molecule has 3 amide bonds. The summed E-state index contributed by atoms with van der Waals surface area (Å²) in [5.41, 5.74) is 0.637. The van der Waals surface area contributed by atoms with Gasteiger partial charge in [-0.1, -0.05) is 0 Å². The van der Waals surface area contributed by atoms with Crippen molar-refractivity contribution in [3.05, 3.63) is 12.4 Å². The Balaban J connectivity index is 1.82. The van der Waals surface area contributed by atoms with Gasteiger partial charge in [-0.3, -0.25) is 14.4 Å². The van der Waals surface area contributed by atoms with Gasteiger partial charge in [-0.05, 0) is 13.5 Å². The minimum atomic E-state index is -0.185. The van der Waals surface area contributed by atoms with Crippen LogP contribution in [0.5, 0.6) is 0 Å². The first-order chi connectivity index (χ1) is 10.8. The number of likely N-dealkylation sites (N-methyl/N-ethyl adjacent to an activating group) is 1. The van der Waals surface area contributed by atoms with Crippen LogP contribution in [0.4, 0.5) is 10.5 Å². The van der Waals surface area contributed by atoms with E-state index in [-0.39, 0.29) is 17.5 Å². The van der Waals surface area contributed by atoms with E-state index in [4.69, 9.17) is 0 Å². The van der Waals surface area contributed by atoms with Crippen molar-refractivity contribution in [2.75, 3.05) is 52.2 Å². The quantitative estimate of drug-likeness (QED) is 0.720. The molecule has 0 unspecified atom stereocenters. The third-order valence-corrected chi connectivity index (χ3v) is 4.92. The van der Waals surface area contributed by atoms with E-state index in [9.17, 15) is 9.59 Å². The Labute approximate surface area is 136 Å². The maximum atomic E-state index is 12.4. The number of aromatic nitrogens is 2. The molecule has 1 atom stereocenters. The minimum absolute atomic E-state index is 0.0279. The van der Waals surface area contributed by atoms with E-state index in [1.54, 1.807) is 34.8 Å². The fourth-order valence-electron chi connectivity index (χ4n) is 3.49. The summed E-state index contributed by atoms with van der Waals surface area (Å²) in [6.45, 7) is 2.31. The largest absolute Gasteiger partial charge is 0.331 e. The van der Waals surface area contributed by atoms with E-state index in [0.29, 0.717) is 19.6 Å². The van der Waals surface area contributed by atoms with Crippen LogP contribution in [-0.4, -0.2) is 89.3 Å². The lowest BCUT2D eigenvalue weighted by Gasteiger charge is -2.46. The van der Waals surface area contributed by atoms with Crippen LogP contribution < -0.4 is 4.90 Å². The second-order valence-corrected chi connectivity index (χ2v) is 6.78. The number of hydrogen-bond donors (Lipinski definition) is 0. The van der Waals surface area contributed by atoms with Gasteiger partial charge in [-0.15, -0.1) is 0 Å². The predicted molar refractivity (Wildman–Crippen MR) is 86.2 cm³/mol. The second kappa shape index (κ2) is 5.52. The van der Waals surface area contributed by atoms with Gasteiger partial charge in [-0.2, -0.15) is 5.10 Å². The molecule has 8 heteroatoms. The van der Waals surface area contributed by atoms with Crippen molar-refractivity contribution in [2.24, 2.45) is 7.05 Å². The summed E-state index contributed by atoms with van der Waals surface area (Å²) in [5, 5.41) is 4.16. The summed E-state index contributed by atoms with van der Waals surface area (Å²) >= 11 is 0. The first kappa shape index (κ1) is 15.8. The molecule has 0 aromatic carbocycles. The highest BCUT2D eigenvalue weighted by molar-refractivity contribution is 5.95. The molecule has 0 aliphatic carbocycles. The molecule has 1 spiro atoms. The summed E-state index contributed by atoms with van der Waals surface area (Å²) in [7, 11) is 7.35. The lowest BCUT2D eigenvalue weighted by Crippen LogP contribution is -2.64. The monoisotopic (exact) mass is 320 g/mol. The first-order valence-corrected chi connectivity index (χ1v) is 7.79. The zero-order valence-electron chi connectivity index (χ0n) is 14.2. The number of carbonyl (C=O) groups is 2. The Morgan fingerprint density at radius 2 is 2.04 bits per heavy atom. The highest BCUT2D eigenvalue weighted by atomic mass is 16.2. The van der Waals surface area contributed by atoms with E-state index in [1.165, 1.54) is 0 Å². The van der Waals surface area contributed by atoms with Crippen LogP contribution in [0.2, 0.25) is 0 Å². The zero-order valence-corrected chi connectivity index (χ0v) is 14.2. The number of carbonyl (C=O) groups excluding carboxylic acids is 2. The van der Waals surface area contributed by atoms with Crippen molar-refractivity contribution in [3.63, 3.8) is 0 Å². The standard InChI is InChI=1S/C15H24N6O2/c1-17(2)14(23)20-6-5-15(10-20)11-21(13(22)9-18(15)3)12-7-16-19(4)8-12/h7-8H,5-6,9-11H2,1-4H3/t15-/m1/s1. The van der Waals surface area contributed by atoms with Crippen molar-refractivity contribution in [2.45, 2.75) is 12.0 Å². The highest BCUT2D eigenvalue weighted by Gasteiger charge is 2.49. The molecule has 8 nitrogen and oxygen atoms in total. The third kappa shape index (κ3) is 2.67. The fraction of sp³-hybridized carbons (Fsp3) is 0.667. The smallest absolute Gasteiger partial charge is 0.319 e. The van der Waals surface area contributed by atoms with E-state index in [0.717, 1.165) is 18.7 Å². The van der Waals surface area contributed by atoms with Crippen LogP contribution in [0.25, 0.3) is 0 Å². The number of piperazine rings is 1. The molecule has 23 heavy (non-hydrogen) atoms. The molecule has 0 radical (unpaired) electrons. The number of rotatable bonds is 1. The van der Waals surface area contributed by atoms with Crippen LogP contribution in [0, 0.1) is 0 Å². The number of anilines is 1. The molecule has 1 aromatic heterocycles. The molecule has 2 aliphatic heterocycles. The number of likely N-dealkylation sites (tertiary alicyclic amines) is 1. The summed E-state index contributed by atoms with van der Waals surface area (Å²) in [6.07, 6.45) is 4.44. The Bertz CT molecular complexity index is 627. The second-order valence-electron chi connectivity index (χ2n) is 6.78. The SMILES string of the molecule is CN(C)C(=O)N1CC[C@@]2(C1)CN(c1cnn(C)c1)C(=O)CN2C. The van der Waals surface area contributed by atoms with Crippen LogP contribution >= 0.6 is 0 Å². The summed E-state index contributed by atoms with van der Waals surface area (Å²) in [5.74, 6) is 0.0727. The summed E-state index contributed by atoms with van der Waals surface area (Å²) in [4.78, 5) is 32.0. The van der Waals surface area contributed by atoms with Gasteiger partial charge in [0.25, 0.3) is 0 Å². The molecule has 2 fully saturated rings. The van der Waals surface area contributed by atoms with Crippen LogP contribution in [0.15, 0.2) is 12.4 Å². The Hall–Kier alpha value is -2.09. The minimum Gasteiger partial charge on any atom is -0.331 e. The predicted octanol–water partition coefficient (Wildman–Crippen LogP) is -0.175. The summed E-state index contributed by atoms with van der Waals surface area (Å²) in [6, 6.07) is 0.0279. The summed E-state index contributed by atoms with van der Waals surface area (Å²) < 4.78 is 1.70. The molecule has 0 saturated carbocycles. The molecule has 3 rings (SSSR count). The molecule has 3 heterocycles. The van der Waals surface area contributed by atoms with Crippen LogP contribution in [0.1, 0.15) is 6.42 Å². The van der Waals surface area contributed by atoms with Crippen LogP contribution in [0.3, 0.4) is 0 Å². The number of amides is 3. The van der Waals surface area contributed by atoms with Crippen molar-refractivity contribution in [1.82, 2.24) is 24.5 Å². The lowest BCUT2D eigenvalue weighted by molar-refractivity contribution is -0.123. The Morgan fingerprint density at radius 3 is 2.65 bits per heavy atom. The maximum Gasteiger partial charge on any atom is 0.319 e. The van der Waals surface area contributed by atoms with Crippen molar-refractivity contribution in [1.29, 1.82) is 0 Å². The first-order valence-electron chi connectivity index (χ1n) is 7.79. The van der Waals surface area contributed by atoms with Crippen molar-refractivity contribution < 1.29 is 9.59 Å². The topological polar surface area (TPSA) is 64.9 Å². The molecule has 2 aliphatic rings. The fourth-order valence-corrected chi connectivity index (χ4v) is 3.49. The number of urea groups is 1. The van der Waals surface area contributed by atoms with Crippen molar-refractivity contribution in [3.8, 4) is 0 Å². The molecule has 1 aromatic rings. The van der Waals surface area contributed by atoms with E-state index < -0.39 is 0 Å². The van der Waals surface area contributed by atoms with Gasteiger partial charge in [0.05, 0.1) is 24.0 Å². The van der Waals surface area contributed by atoms with Gasteiger partial charge in [0.2, 0.25) is 5.91 Å². The van der Waals surface area contributed by atoms with Gasteiger partial charge < -0.3 is 14.7 Å². The third-order valence-electron chi connectivity index (χ3n) is 4.92. The van der Waals surface area contributed by atoms with Gasteiger partial charge in [0.1, 0.15) is 0 Å². The van der Waals surface area contributed by atoms with E-state index in [1.807, 2.05) is 25.2 Å². The average Bonchev–Trinajstić information content (AvgIpc) is 3.10. The van der Waals surface area contributed by atoms with E-state index >= 15 is 0 Å². The maximum absolute atomic E-state index is 12.4. The molecule has 0 N–H and O–H groups in total. The van der Waals surface area contributed by atoms with E-state index in [2.05, 4.69) is 10.00 Å². The molecular weight excluding hydrogens is 296 g/mol. The number of nitrogens with zero attached hydrogens (tertiary/aromatic N) is 6. The Morgan fingerprint density at radius 1 is 1.30 bits per heavy atom. The van der Waals surface area contributed by atoms with Gasteiger partial charge >= 0.3 is 6.03 Å². The molecule has 2 saturated heterocycles. The lowest BCUT2D eigenvalue weighted by atomic mass is 9.93. The van der Waals surface area contributed by atoms with Gasteiger partial charge in [0, 0.05) is 47.0 Å². The van der Waals surface area contributed by atoms with Gasteiger partial charge in [0.15, 0.2) is 0 Å². The van der Waals surface area contributed by atoms with Crippen LogP contribution in [-0.2, 0) is 11.8 Å². The highest BCUT2D eigenvalue weighted by Crippen LogP contribution is 2.33. The molecule has 126 valence electrons. The van der Waals surface area contributed by atoms with Gasteiger partial charge in [-0.25, -0.2) is 4.79 Å². The van der Waals surface area contributed by atoms with Crippen molar-refractivity contribution >= 4 is 17.6 Å². The Kier molecular flexibility index (Phi) is 3.79. The number of hydrogen-bond acceptors (Lipinski definition) is 4.